The van der Waals surface area contributed by atoms with Crippen molar-refractivity contribution in [2.24, 2.45) is 0 Å². The number of fused-ring (bicyclic) bond motifs is 3. The Hall–Kier alpha value is -7.07. The van der Waals surface area contributed by atoms with Gasteiger partial charge in [0.15, 0.2) is 0 Å². The number of pyridine rings is 1. The molecular weight excluding hydrogens is 679 g/mol. The van der Waals surface area contributed by atoms with E-state index in [4.69, 9.17) is 4.98 Å². The van der Waals surface area contributed by atoms with Crippen LogP contribution in [0.5, 0.6) is 0 Å². The topological polar surface area (TPSA) is 37.0 Å². The van der Waals surface area contributed by atoms with Crippen molar-refractivity contribution in [1.29, 1.82) is 0 Å². The van der Waals surface area contributed by atoms with Gasteiger partial charge in [-0.15, -0.1) is 0 Å². The average Bonchev–Trinajstić information content (AvgIpc) is 3.29. The number of rotatable bonds is 7. The molecule has 1 aromatic heterocycles. The first-order valence-electron chi connectivity index (χ1n) is 19.3. The highest BCUT2D eigenvalue weighted by Gasteiger charge is 2.24. The van der Waals surface area contributed by atoms with Gasteiger partial charge in [-0.2, -0.15) is 0 Å². The Bertz CT molecular complexity index is 2810. The Kier molecular flexibility index (Phi) is 8.75. The second-order valence-electron chi connectivity index (χ2n) is 14.5. The van der Waals surface area contributed by atoms with Crippen LogP contribution in [-0.4, -0.2) is 4.98 Å². The highest BCUT2D eigenvalue weighted by molar-refractivity contribution is 6.14. The highest BCUT2D eigenvalue weighted by Crippen LogP contribution is 2.38. The molecule has 56 heavy (non-hydrogen) atoms. The summed E-state index contributed by atoms with van der Waals surface area (Å²) in [5.41, 5.74) is 15.0. The first-order chi connectivity index (χ1) is 27.7. The minimum atomic E-state index is -0.0349. The van der Waals surface area contributed by atoms with Crippen LogP contribution in [0.15, 0.2) is 212 Å². The van der Waals surface area contributed by atoms with Crippen LogP contribution in [0.1, 0.15) is 28.9 Å². The summed E-state index contributed by atoms with van der Waals surface area (Å²) in [6.45, 7) is 0. The van der Waals surface area contributed by atoms with Crippen molar-refractivity contribution in [3.8, 4) is 44.6 Å². The van der Waals surface area contributed by atoms with Crippen molar-refractivity contribution >= 4 is 27.4 Å². The zero-order chi connectivity index (χ0) is 37.3. The third-order valence-corrected chi connectivity index (χ3v) is 11.0. The molecule has 0 radical (unpaired) electrons. The maximum atomic E-state index is 5.15. The fraction of sp³-hybridized carbons (Fsp3) is 0.0377. The fourth-order valence-corrected chi connectivity index (χ4v) is 8.04. The lowest BCUT2D eigenvalue weighted by atomic mass is 9.92. The molecule has 0 bridgehead atoms. The molecule has 0 fully saturated rings. The first-order valence-corrected chi connectivity index (χ1v) is 19.3. The second kappa shape index (κ2) is 14.6. The Labute approximate surface area is 327 Å². The van der Waals surface area contributed by atoms with Crippen LogP contribution in [0.2, 0.25) is 0 Å². The minimum absolute atomic E-state index is 0.0349. The number of hydrogen-bond acceptors (Lipinski definition) is 3. The van der Waals surface area contributed by atoms with E-state index in [9.17, 15) is 0 Å². The predicted octanol–water partition coefficient (Wildman–Crippen LogP) is 13.0. The molecule has 2 unspecified atom stereocenters. The molecule has 0 saturated heterocycles. The van der Waals surface area contributed by atoms with Crippen LogP contribution in [-0.2, 0) is 0 Å². The molecule has 3 nitrogen and oxygen atoms in total. The molecule has 2 atom stereocenters. The average molecular weight is 718 g/mol. The summed E-state index contributed by atoms with van der Waals surface area (Å²) >= 11 is 0. The number of benzene rings is 8. The lowest BCUT2D eigenvalue weighted by Gasteiger charge is -2.33. The van der Waals surface area contributed by atoms with Crippen LogP contribution in [0.4, 0.5) is 0 Å². The van der Waals surface area contributed by atoms with Crippen LogP contribution >= 0.6 is 0 Å². The second-order valence-corrected chi connectivity index (χ2v) is 14.5. The van der Waals surface area contributed by atoms with Crippen molar-refractivity contribution in [3.05, 3.63) is 229 Å². The van der Waals surface area contributed by atoms with E-state index in [0.29, 0.717) is 0 Å². The molecule has 0 spiro atoms. The van der Waals surface area contributed by atoms with Gasteiger partial charge < -0.3 is 5.32 Å². The van der Waals surface area contributed by atoms with Crippen molar-refractivity contribution in [2.45, 2.75) is 12.2 Å². The van der Waals surface area contributed by atoms with Crippen LogP contribution in [0.3, 0.4) is 0 Å². The molecule has 9 aromatic rings. The number of hydrogen-bond donors (Lipinski definition) is 2. The summed E-state index contributed by atoms with van der Waals surface area (Å²) in [4.78, 5) is 5.15. The van der Waals surface area contributed by atoms with Gasteiger partial charge in [0.25, 0.3) is 0 Å². The van der Waals surface area contributed by atoms with E-state index in [1.54, 1.807) is 0 Å². The zero-order valence-corrected chi connectivity index (χ0v) is 30.8. The molecule has 1 aliphatic heterocycles. The third-order valence-electron chi connectivity index (χ3n) is 11.0. The van der Waals surface area contributed by atoms with Crippen molar-refractivity contribution < 1.29 is 0 Å². The summed E-state index contributed by atoms with van der Waals surface area (Å²) in [5, 5.41) is 11.2. The van der Waals surface area contributed by atoms with Crippen molar-refractivity contribution in [2.75, 3.05) is 0 Å². The quantitative estimate of drug-likeness (QED) is 0.161. The lowest BCUT2D eigenvalue weighted by molar-refractivity contribution is 0.443. The fourth-order valence-electron chi connectivity index (χ4n) is 8.04. The van der Waals surface area contributed by atoms with Gasteiger partial charge in [0, 0.05) is 16.6 Å². The molecule has 2 N–H and O–H groups in total. The maximum Gasteiger partial charge on any atom is 0.104 e. The molecule has 0 saturated carbocycles. The van der Waals surface area contributed by atoms with Gasteiger partial charge in [0.1, 0.15) is 6.17 Å². The Morgan fingerprint density at radius 1 is 0.411 bits per heavy atom. The summed E-state index contributed by atoms with van der Waals surface area (Å²) in [7, 11) is 0. The summed E-state index contributed by atoms with van der Waals surface area (Å²) < 4.78 is 0. The molecule has 266 valence electrons. The van der Waals surface area contributed by atoms with Gasteiger partial charge >= 0.3 is 0 Å². The third kappa shape index (κ3) is 6.55. The zero-order valence-electron chi connectivity index (χ0n) is 30.8. The summed E-state index contributed by atoms with van der Waals surface area (Å²) in [5.74, 6) is 0. The smallest absolute Gasteiger partial charge is 0.104 e. The van der Waals surface area contributed by atoms with Gasteiger partial charge in [-0.05, 0) is 85.1 Å². The van der Waals surface area contributed by atoms with Gasteiger partial charge in [0.05, 0.1) is 17.3 Å². The lowest BCUT2D eigenvalue weighted by Crippen LogP contribution is -2.39. The van der Waals surface area contributed by atoms with E-state index in [0.717, 1.165) is 22.5 Å². The number of aromatic nitrogens is 1. The highest BCUT2D eigenvalue weighted by atomic mass is 15.2. The van der Waals surface area contributed by atoms with E-state index < -0.39 is 0 Å². The normalized spacial score (nSPS) is 15.3. The molecule has 0 amide bonds. The molecule has 3 heteroatoms. The Morgan fingerprint density at radius 2 is 0.964 bits per heavy atom. The van der Waals surface area contributed by atoms with Gasteiger partial charge in [0.2, 0.25) is 0 Å². The van der Waals surface area contributed by atoms with Crippen LogP contribution in [0, 0.1) is 0 Å². The molecular formula is C53H39N3. The monoisotopic (exact) mass is 717 g/mol. The van der Waals surface area contributed by atoms with Gasteiger partial charge in [-0.1, -0.05) is 188 Å². The van der Waals surface area contributed by atoms with Crippen molar-refractivity contribution in [1.82, 2.24) is 15.6 Å². The minimum Gasteiger partial charge on any atom is -0.366 e. The van der Waals surface area contributed by atoms with E-state index in [-0.39, 0.29) is 12.2 Å². The van der Waals surface area contributed by atoms with E-state index in [1.165, 1.54) is 66.2 Å². The molecule has 8 aromatic carbocycles. The van der Waals surface area contributed by atoms with Crippen molar-refractivity contribution in [3.63, 3.8) is 0 Å². The molecule has 0 aliphatic carbocycles. The Balaban J connectivity index is 0.930. The maximum absolute atomic E-state index is 5.15. The standard InChI is InChI=1S/C53H39N3/c1-5-13-39(14-6-1)47-34-49(40-15-7-2-8-16-40)54-48-32-30-45-33-44(29-31-46(45)52(47)48)38-23-21-36(22-24-38)37-25-27-43(28-26-37)53-55-50(41-17-9-3-10-18-41)35-51(56-53)42-19-11-4-12-20-42/h1-35,50,53,55-56H. The van der Waals surface area contributed by atoms with Gasteiger partial charge in [-0.3, -0.25) is 5.32 Å². The largest absolute Gasteiger partial charge is 0.366 e. The van der Waals surface area contributed by atoms with E-state index >= 15 is 0 Å². The predicted molar refractivity (Wildman–Crippen MR) is 234 cm³/mol. The number of nitrogens with zero attached hydrogens (tertiary/aromatic N) is 1. The summed E-state index contributed by atoms with van der Waals surface area (Å²) in [6.07, 6.45) is 2.25. The van der Waals surface area contributed by atoms with Crippen LogP contribution in [0.25, 0.3) is 72.0 Å². The first kappa shape index (κ1) is 33.5. The van der Waals surface area contributed by atoms with Crippen LogP contribution < -0.4 is 10.6 Å². The van der Waals surface area contributed by atoms with Gasteiger partial charge in [-0.25, -0.2) is 4.98 Å². The Morgan fingerprint density at radius 3 is 1.62 bits per heavy atom. The number of nitrogens with one attached hydrogen (secondary N) is 2. The van der Waals surface area contributed by atoms with E-state index in [2.05, 4.69) is 217 Å². The molecule has 10 rings (SSSR count). The molecule has 1 aliphatic rings. The van der Waals surface area contributed by atoms with E-state index in [1.807, 2.05) is 6.07 Å². The summed E-state index contributed by atoms with van der Waals surface area (Å²) in [6, 6.07) is 73.8. The molecule has 2 heterocycles. The SMILES string of the molecule is C1=C(c2ccccc2)NC(c2ccc(-c3ccc(-c4ccc5c(ccc6nc(-c7ccccc7)cc(-c7ccccc7)c65)c4)cc3)cc2)NC1c1ccccc1.